The molecule has 7 heteroatoms. The van der Waals surface area contributed by atoms with Crippen LogP contribution in [0.25, 0.3) is 0 Å². The van der Waals surface area contributed by atoms with Crippen molar-refractivity contribution in [3.8, 4) is 5.75 Å². The van der Waals surface area contributed by atoms with Gasteiger partial charge in [0.25, 0.3) is 0 Å². The predicted molar refractivity (Wildman–Crippen MR) is 100 cm³/mol. The van der Waals surface area contributed by atoms with Gasteiger partial charge < -0.3 is 4.74 Å². The number of ether oxygens (including phenoxy) is 1. The fraction of sp³-hybridized carbons (Fsp3) is 0.316. The van der Waals surface area contributed by atoms with Gasteiger partial charge >= 0.3 is 0 Å². The lowest BCUT2D eigenvalue weighted by Crippen LogP contribution is -2.37. The van der Waals surface area contributed by atoms with E-state index in [1.165, 1.54) is 12.1 Å². The standard InChI is InChI=1S/C19H21FN2O3S/c1-3-19(4-2)22-18(14-6-8-15(20)9-7-14)16-10-5-13(11-17(16)25-19)12-21-26(23)24/h5-11,21H,3-4,12H2,1-2H3,(H,23,24). The van der Waals surface area contributed by atoms with E-state index in [2.05, 4.69) is 4.72 Å². The van der Waals surface area contributed by atoms with E-state index in [1.54, 1.807) is 12.1 Å². The SMILES string of the molecule is CCC1(CC)N=C(c2ccc(F)cc2)c2ccc(CNS(=O)O)cc2O1. The predicted octanol–water partition coefficient (Wildman–Crippen LogP) is 3.80. The first-order chi connectivity index (χ1) is 12.5. The lowest BCUT2D eigenvalue weighted by atomic mass is 9.95. The van der Waals surface area contributed by atoms with Crippen LogP contribution in [0.5, 0.6) is 5.75 Å². The van der Waals surface area contributed by atoms with Crippen molar-refractivity contribution in [3.63, 3.8) is 0 Å². The monoisotopic (exact) mass is 376 g/mol. The molecule has 0 spiro atoms. The Morgan fingerprint density at radius 1 is 1.19 bits per heavy atom. The van der Waals surface area contributed by atoms with Crippen molar-refractivity contribution in [1.82, 2.24) is 4.72 Å². The van der Waals surface area contributed by atoms with E-state index in [0.717, 1.165) is 22.4 Å². The number of hydrogen-bond acceptors (Lipinski definition) is 3. The summed E-state index contributed by atoms with van der Waals surface area (Å²) >= 11 is -2.08. The third-order valence-corrected chi connectivity index (χ3v) is 4.93. The van der Waals surface area contributed by atoms with E-state index in [1.807, 2.05) is 32.0 Å². The van der Waals surface area contributed by atoms with E-state index in [-0.39, 0.29) is 12.4 Å². The first-order valence-corrected chi connectivity index (χ1v) is 9.59. The van der Waals surface area contributed by atoms with Crippen LogP contribution in [-0.2, 0) is 17.8 Å². The molecule has 138 valence electrons. The molecular weight excluding hydrogens is 355 g/mol. The summed E-state index contributed by atoms with van der Waals surface area (Å²) in [7, 11) is 0. The van der Waals surface area contributed by atoms with Crippen LogP contribution in [0.15, 0.2) is 47.5 Å². The molecule has 0 amide bonds. The number of aliphatic imine (C=N–C) groups is 1. The van der Waals surface area contributed by atoms with E-state index < -0.39 is 17.0 Å². The number of rotatable bonds is 6. The summed E-state index contributed by atoms with van der Waals surface area (Å²) in [6.07, 6.45) is 1.38. The van der Waals surface area contributed by atoms with Gasteiger partial charge in [0, 0.05) is 30.5 Å². The Morgan fingerprint density at radius 3 is 2.50 bits per heavy atom. The first-order valence-electron chi connectivity index (χ1n) is 8.49. The molecule has 3 rings (SSSR count). The number of hydrogen-bond donors (Lipinski definition) is 2. The highest BCUT2D eigenvalue weighted by molar-refractivity contribution is 7.77. The minimum atomic E-state index is -2.08. The summed E-state index contributed by atoms with van der Waals surface area (Å²) in [4.78, 5) is 4.86. The Balaban J connectivity index is 2.06. The van der Waals surface area contributed by atoms with Gasteiger partial charge in [0.05, 0.1) is 5.71 Å². The zero-order valence-electron chi connectivity index (χ0n) is 14.7. The van der Waals surface area contributed by atoms with Crippen LogP contribution in [0, 0.1) is 5.82 Å². The minimum absolute atomic E-state index is 0.244. The van der Waals surface area contributed by atoms with Crippen molar-refractivity contribution in [2.75, 3.05) is 0 Å². The van der Waals surface area contributed by atoms with Crippen LogP contribution in [0.1, 0.15) is 43.4 Å². The minimum Gasteiger partial charge on any atom is -0.466 e. The molecule has 1 heterocycles. The molecule has 2 aromatic rings. The first kappa shape index (κ1) is 18.7. The fourth-order valence-corrected chi connectivity index (χ4v) is 3.26. The Bertz CT molecular complexity index is 848. The van der Waals surface area contributed by atoms with Crippen molar-refractivity contribution in [3.05, 3.63) is 65.0 Å². The fourth-order valence-electron chi connectivity index (χ4n) is 2.97. The van der Waals surface area contributed by atoms with Gasteiger partial charge in [-0.15, -0.1) is 0 Å². The lowest BCUT2D eigenvalue weighted by Gasteiger charge is -2.35. The molecule has 0 aliphatic carbocycles. The van der Waals surface area contributed by atoms with Gasteiger partial charge in [-0.25, -0.2) is 18.3 Å². The quantitative estimate of drug-likeness (QED) is 0.754. The second-order valence-electron chi connectivity index (χ2n) is 6.12. The molecule has 1 unspecified atom stereocenters. The summed E-state index contributed by atoms with van der Waals surface area (Å²) in [6.45, 7) is 4.27. The topological polar surface area (TPSA) is 70.9 Å². The summed E-state index contributed by atoms with van der Waals surface area (Å²) in [6, 6.07) is 11.8. The average Bonchev–Trinajstić information content (AvgIpc) is 2.65. The zero-order valence-corrected chi connectivity index (χ0v) is 15.5. The van der Waals surface area contributed by atoms with Gasteiger partial charge in [-0.1, -0.05) is 19.9 Å². The van der Waals surface area contributed by atoms with Crippen LogP contribution in [-0.4, -0.2) is 20.2 Å². The van der Waals surface area contributed by atoms with Crippen molar-refractivity contribution in [2.45, 2.75) is 39.0 Å². The van der Waals surface area contributed by atoms with Gasteiger partial charge in [0.2, 0.25) is 11.3 Å². The molecule has 1 aliphatic rings. The van der Waals surface area contributed by atoms with Gasteiger partial charge in [0.15, 0.2) is 5.72 Å². The van der Waals surface area contributed by atoms with E-state index in [0.29, 0.717) is 18.6 Å². The van der Waals surface area contributed by atoms with E-state index in [9.17, 15) is 8.60 Å². The molecule has 0 aromatic heterocycles. The molecule has 2 N–H and O–H groups in total. The molecular formula is C19H21FN2O3S. The molecule has 26 heavy (non-hydrogen) atoms. The summed E-state index contributed by atoms with van der Waals surface area (Å²) in [5.41, 5.74) is 2.56. The second-order valence-corrected chi connectivity index (χ2v) is 6.91. The summed E-state index contributed by atoms with van der Waals surface area (Å²) in [5, 5.41) is 0. The van der Waals surface area contributed by atoms with Crippen LogP contribution < -0.4 is 9.46 Å². The smallest absolute Gasteiger partial charge is 0.232 e. The zero-order chi connectivity index (χ0) is 18.7. The highest BCUT2D eigenvalue weighted by atomic mass is 32.2. The van der Waals surface area contributed by atoms with E-state index >= 15 is 0 Å². The van der Waals surface area contributed by atoms with Gasteiger partial charge in [-0.3, -0.25) is 4.55 Å². The Morgan fingerprint density at radius 2 is 1.88 bits per heavy atom. The third kappa shape index (κ3) is 3.85. The maximum atomic E-state index is 13.3. The molecule has 5 nitrogen and oxygen atoms in total. The largest absolute Gasteiger partial charge is 0.466 e. The Hall–Kier alpha value is -2.09. The van der Waals surface area contributed by atoms with Crippen molar-refractivity contribution in [2.24, 2.45) is 4.99 Å². The highest BCUT2D eigenvalue weighted by Crippen LogP contribution is 2.36. The van der Waals surface area contributed by atoms with Gasteiger partial charge in [-0.05, 0) is 42.0 Å². The Labute approximate surface area is 154 Å². The normalized spacial score (nSPS) is 16.4. The van der Waals surface area contributed by atoms with Gasteiger partial charge in [-0.2, -0.15) is 0 Å². The molecule has 1 atom stereocenters. The highest BCUT2D eigenvalue weighted by Gasteiger charge is 2.34. The molecule has 1 aliphatic heterocycles. The molecule has 0 bridgehead atoms. The van der Waals surface area contributed by atoms with Crippen molar-refractivity contribution < 1.29 is 17.9 Å². The van der Waals surface area contributed by atoms with Crippen LogP contribution >= 0.6 is 0 Å². The summed E-state index contributed by atoms with van der Waals surface area (Å²) in [5.74, 6) is 0.378. The number of fused-ring (bicyclic) bond motifs is 1. The van der Waals surface area contributed by atoms with Crippen molar-refractivity contribution in [1.29, 1.82) is 0 Å². The Kier molecular flexibility index (Phi) is 5.50. The number of nitrogens with zero attached hydrogens (tertiary/aromatic N) is 1. The number of halogens is 1. The molecule has 0 fully saturated rings. The van der Waals surface area contributed by atoms with E-state index in [4.69, 9.17) is 14.3 Å². The molecule has 0 saturated carbocycles. The number of benzene rings is 2. The van der Waals surface area contributed by atoms with Gasteiger partial charge in [0.1, 0.15) is 11.6 Å². The maximum absolute atomic E-state index is 13.3. The third-order valence-electron chi connectivity index (χ3n) is 4.54. The average molecular weight is 376 g/mol. The number of nitrogens with one attached hydrogen (secondary N) is 1. The van der Waals surface area contributed by atoms with Crippen LogP contribution in [0.4, 0.5) is 4.39 Å². The van der Waals surface area contributed by atoms with Crippen LogP contribution in [0.3, 0.4) is 0 Å². The molecule has 0 radical (unpaired) electrons. The maximum Gasteiger partial charge on any atom is 0.232 e. The summed E-state index contributed by atoms with van der Waals surface area (Å²) < 4.78 is 41.7. The lowest BCUT2D eigenvalue weighted by molar-refractivity contribution is 0.0658. The molecule has 2 aromatic carbocycles. The van der Waals surface area contributed by atoms with Crippen molar-refractivity contribution >= 4 is 17.0 Å². The van der Waals surface area contributed by atoms with Crippen LogP contribution in [0.2, 0.25) is 0 Å². The molecule has 0 saturated heterocycles. The second kappa shape index (κ2) is 7.65.